The summed E-state index contributed by atoms with van der Waals surface area (Å²) in [7, 11) is 0. The van der Waals surface area contributed by atoms with E-state index in [0.29, 0.717) is 10.0 Å². The quantitative estimate of drug-likeness (QED) is 0.784. The fraction of sp³-hybridized carbons (Fsp3) is 0.500. The maximum atomic E-state index is 9.71. The summed E-state index contributed by atoms with van der Waals surface area (Å²) in [6.45, 7) is 8.10. The smallest absolute Gasteiger partial charge is 0.134 e. The molecule has 0 spiro atoms. The van der Waals surface area contributed by atoms with Gasteiger partial charge < -0.3 is 5.11 Å². The third-order valence-corrected chi connectivity index (χ3v) is 3.26. The SMILES string of the molecule is CC(C)c1cc(O)c(Cl)c(C(C)C)c1Cl. The average Bonchev–Trinajstić information content (AvgIpc) is 2.10. The van der Waals surface area contributed by atoms with Crippen molar-refractivity contribution >= 4 is 23.2 Å². The number of halogens is 2. The third kappa shape index (κ3) is 2.40. The van der Waals surface area contributed by atoms with Crippen LogP contribution in [0.15, 0.2) is 6.07 Å². The first-order chi connectivity index (χ1) is 6.86. The zero-order valence-electron chi connectivity index (χ0n) is 9.44. The van der Waals surface area contributed by atoms with Gasteiger partial charge in [0.2, 0.25) is 0 Å². The van der Waals surface area contributed by atoms with Gasteiger partial charge in [0.15, 0.2) is 0 Å². The number of aromatic hydroxyl groups is 1. The Balaban J connectivity index is 3.49. The van der Waals surface area contributed by atoms with Crippen molar-refractivity contribution in [3.8, 4) is 5.75 Å². The number of hydrogen-bond acceptors (Lipinski definition) is 1. The van der Waals surface area contributed by atoms with Crippen molar-refractivity contribution in [2.45, 2.75) is 39.5 Å². The molecule has 0 atom stereocenters. The van der Waals surface area contributed by atoms with Gasteiger partial charge in [-0.25, -0.2) is 0 Å². The molecule has 0 aliphatic heterocycles. The van der Waals surface area contributed by atoms with Crippen LogP contribution in [0.1, 0.15) is 50.7 Å². The van der Waals surface area contributed by atoms with Gasteiger partial charge in [-0.05, 0) is 29.0 Å². The van der Waals surface area contributed by atoms with Gasteiger partial charge in [-0.15, -0.1) is 0 Å². The van der Waals surface area contributed by atoms with Crippen LogP contribution in [-0.4, -0.2) is 5.11 Å². The molecule has 0 aliphatic rings. The molecule has 0 aliphatic carbocycles. The van der Waals surface area contributed by atoms with E-state index in [1.807, 2.05) is 27.7 Å². The summed E-state index contributed by atoms with van der Waals surface area (Å²) in [4.78, 5) is 0. The predicted octanol–water partition coefficient (Wildman–Crippen LogP) is 4.95. The van der Waals surface area contributed by atoms with Crippen LogP contribution >= 0.6 is 23.2 Å². The first kappa shape index (κ1) is 12.7. The molecule has 1 rings (SSSR count). The maximum Gasteiger partial charge on any atom is 0.134 e. The molecule has 0 saturated carbocycles. The molecule has 0 amide bonds. The van der Waals surface area contributed by atoms with E-state index in [2.05, 4.69) is 0 Å². The molecule has 1 nitrogen and oxygen atoms in total. The number of benzene rings is 1. The molecular weight excluding hydrogens is 231 g/mol. The van der Waals surface area contributed by atoms with Crippen LogP contribution in [-0.2, 0) is 0 Å². The van der Waals surface area contributed by atoms with E-state index in [1.165, 1.54) is 0 Å². The monoisotopic (exact) mass is 246 g/mol. The van der Waals surface area contributed by atoms with E-state index in [4.69, 9.17) is 23.2 Å². The van der Waals surface area contributed by atoms with Crippen LogP contribution in [0.5, 0.6) is 5.75 Å². The van der Waals surface area contributed by atoms with Crippen molar-refractivity contribution in [1.29, 1.82) is 0 Å². The van der Waals surface area contributed by atoms with E-state index in [0.717, 1.165) is 11.1 Å². The molecule has 0 unspecified atom stereocenters. The van der Waals surface area contributed by atoms with Gasteiger partial charge in [-0.1, -0.05) is 50.9 Å². The third-order valence-electron chi connectivity index (χ3n) is 2.44. The van der Waals surface area contributed by atoms with Gasteiger partial charge in [-0.3, -0.25) is 0 Å². The van der Waals surface area contributed by atoms with Crippen LogP contribution in [0.4, 0.5) is 0 Å². The van der Waals surface area contributed by atoms with Crippen LogP contribution in [0.25, 0.3) is 0 Å². The highest BCUT2D eigenvalue weighted by molar-refractivity contribution is 6.37. The lowest BCUT2D eigenvalue weighted by molar-refractivity contribution is 0.473. The molecule has 0 aromatic heterocycles. The Morgan fingerprint density at radius 1 is 1.00 bits per heavy atom. The van der Waals surface area contributed by atoms with Crippen LogP contribution in [0.3, 0.4) is 0 Å². The van der Waals surface area contributed by atoms with E-state index in [-0.39, 0.29) is 17.6 Å². The van der Waals surface area contributed by atoms with Crippen molar-refractivity contribution in [2.75, 3.05) is 0 Å². The van der Waals surface area contributed by atoms with Gasteiger partial charge in [0, 0.05) is 5.02 Å². The second-order valence-corrected chi connectivity index (χ2v) is 5.09. The number of phenols is 1. The molecule has 1 aromatic rings. The molecule has 1 aromatic carbocycles. The van der Waals surface area contributed by atoms with E-state index < -0.39 is 0 Å². The van der Waals surface area contributed by atoms with Crippen LogP contribution in [0.2, 0.25) is 10.0 Å². The van der Waals surface area contributed by atoms with E-state index in [1.54, 1.807) is 6.07 Å². The molecule has 3 heteroatoms. The lowest BCUT2D eigenvalue weighted by Crippen LogP contribution is -1.97. The van der Waals surface area contributed by atoms with Gasteiger partial charge in [0.1, 0.15) is 5.75 Å². The lowest BCUT2D eigenvalue weighted by atomic mass is 9.95. The summed E-state index contributed by atoms with van der Waals surface area (Å²) < 4.78 is 0. The fourth-order valence-electron chi connectivity index (χ4n) is 1.59. The summed E-state index contributed by atoms with van der Waals surface area (Å²) in [5, 5.41) is 10.8. The molecule has 15 heavy (non-hydrogen) atoms. The standard InChI is InChI=1S/C12H16Cl2O/c1-6(2)8-5-9(15)12(14)10(7(3)4)11(8)13/h5-7,15H,1-4H3. The minimum atomic E-state index is 0.119. The highest BCUT2D eigenvalue weighted by atomic mass is 35.5. The summed E-state index contributed by atoms with van der Waals surface area (Å²) in [6.07, 6.45) is 0. The highest BCUT2D eigenvalue weighted by Gasteiger charge is 2.18. The summed E-state index contributed by atoms with van der Waals surface area (Å²) in [5.41, 5.74) is 1.78. The summed E-state index contributed by atoms with van der Waals surface area (Å²) in [6, 6.07) is 1.65. The molecule has 0 saturated heterocycles. The van der Waals surface area contributed by atoms with Crippen molar-refractivity contribution in [2.24, 2.45) is 0 Å². The van der Waals surface area contributed by atoms with Crippen molar-refractivity contribution < 1.29 is 5.11 Å². The van der Waals surface area contributed by atoms with E-state index >= 15 is 0 Å². The Morgan fingerprint density at radius 3 is 1.93 bits per heavy atom. The van der Waals surface area contributed by atoms with Gasteiger partial charge in [0.05, 0.1) is 5.02 Å². The van der Waals surface area contributed by atoms with Crippen molar-refractivity contribution in [3.05, 3.63) is 27.2 Å². The van der Waals surface area contributed by atoms with Gasteiger partial charge in [0.25, 0.3) is 0 Å². The Kier molecular flexibility index (Phi) is 3.91. The normalized spacial score (nSPS) is 11.5. The molecule has 0 heterocycles. The largest absolute Gasteiger partial charge is 0.506 e. The minimum absolute atomic E-state index is 0.119. The molecular formula is C12H16Cl2O. The molecule has 1 N–H and O–H groups in total. The number of rotatable bonds is 2. The fourth-order valence-corrected chi connectivity index (χ4v) is 2.59. The van der Waals surface area contributed by atoms with Crippen LogP contribution < -0.4 is 0 Å². The Morgan fingerprint density at radius 2 is 1.53 bits per heavy atom. The first-order valence-electron chi connectivity index (χ1n) is 5.07. The Hall–Kier alpha value is -0.400. The molecule has 0 fully saturated rings. The summed E-state index contributed by atoms with van der Waals surface area (Å²) >= 11 is 12.3. The minimum Gasteiger partial charge on any atom is -0.506 e. The van der Waals surface area contributed by atoms with Crippen molar-refractivity contribution in [1.82, 2.24) is 0 Å². The Bertz CT molecular complexity index is 370. The molecule has 0 radical (unpaired) electrons. The lowest BCUT2D eigenvalue weighted by Gasteiger charge is -2.17. The second kappa shape index (κ2) is 4.63. The second-order valence-electron chi connectivity index (χ2n) is 4.34. The van der Waals surface area contributed by atoms with Gasteiger partial charge >= 0.3 is 0 Å². The van der Waals surface area contributed by atoms with Crippen LogP contribution in [0, 0.1) is 0 Å². The Labute approximate surface area is 101 Å². The molecule has 84 valence electrons. The highest BCUT2D eigenvalue weighted by Crippen LogP contribution is 2.41. The number of phenolic OH excluding ortho intramolecular Hbond substituents is 1. The van der Waals surface area contributed by atoms with E-state index in [9.17, 15) is 5.11 Å². The number of hydrogen-bond donors (Lipinski definition) is 1. The zero-order valence-corrected chi connectivity index (χ0v) is 10.9. The predicted molar refractivity (Wildman–Crippen MR) is 66.3 cm³/mol. The van der Waals surface area contributed by atoms with Gasteiger partial charge in [-0.2, -0.15) is 0 Å². The first-order valence-corrected chi connectivity index (χ1v) is 5.82. The maximum absolute atomic E-state index is 9.71. The summed E-state index contributed by atoms with van der Waals surface area (Å²) in [5.74, 6) is 0.598. The topological polar surface area (TPSA) is 20.2 Å². The molecule has 0 bridgehead atoms. The average molecular weight is 247 g/mol. The van der Waals surface area contributed by atoms with Crippen molar-refractivity contribution in [3.63, 3.8) is 0 Å². The zero-order chi connectivity index (χ0) is 11.7.